The fourth-order valence-corrected chi connectivity index (χ4v) is 4.41. The molecule has 1 aromatic heterocycles. The van der Waals surface area contributed by atoms with Crippen LogP contribution in [0.1, 0.15) is 13.3 Å². The van der Waals surface area contributed by atoms with E-state index in [4.69, 9.17) is 32.4 Å². The van der Waals surface area contributed by atoms with E-state index >= 15 is 0 Å². The number of furan rings is 1. The molecule has 10 heteroatoms. The number of benzene rings is 1. The summed E-state index contributed by atoms with van der Waals surface area (Å²) in [4.78, 5) is 11.4. The number of sulfonamides is 1. The molecule has 134 valence electrons. The first-order chi connectivity index (χ1) is 11.7. The minimum atomic E-state index is -3.62. The van der Waals surface area contributed by atoms with Crippen LogP contribution in [0.3, 0.4) is 0 Å². The largest absolute Gasteiger partial charge is 0.502 e. The Morgan fingerprint density at radius 1 is 1.36 bits per heavy atom. The Morgan fingerprint density at radius 3 is 2.68 bits per heavy atom. The van der Waals surface area contributed by atoms with E-state index in [-0.39, 0.29) is 45.3 Å². The van der Waals surface area contributed by atoms with Gasteiger partial charge in [0, 0.05) is 19.0 Å². The number of hydrogen-bond donors (Lipinski definition) is 1. The molecule has 1 aliphatic heterocycles. The van der Waals surface area contributed by atoms with E-state index in [0.717, 1.165) is 11.2 Å². The summed E-state index contributed by atoms with van der Waals surface area (Å²) in [6.45, 7) is 1.27. The number of nitrogens with zero attached hydrogens (tertiary/aromatic N) is 1. The highest BCUT2D eigenvalue weighted by molar-refractivity contribution is 7.93. The van der Waals surface area contributed by atoms with Crippen molar-refractivity contribution in [1.82, 2.24) is 0 Å². The third kappa shape index (κ3) is 3.17. The van der Waals surface area contributed by atoms with Crippen LogP contribution in [0.5, 0.6) is 11.5 Å². The Kier molecular flexibility index (Phi) is 4.61. The van der Waals surface area contributed by atoms with Crippen molar-refractivity contribution in [3.63, 3.8) is 0 Å². The molecule has 2 heterocycles. The summed E-state index contributed by atoms with van der Waals surface area (Å²) in [7, 11) is -3.62. The highest BCUT2D eigenvalue weighted by Crippen LogP contribution is 2.51. The molecule has 1 saturated heterocycles. The Bertz CT molecular complexity index is 953. The van der Waals surface area contributed by atoms with E-state index in [1.807, 2.05) is 0 Å². The standard InChI is InChI=1S/C15H13Cl2NO6S/c1-8(19)23-14-12(20)13(9-4-2-5-10(16)11(9)17)24-15(14)18-6-3-7-25(18,21)22/h2,4-5,20H,3,6-7H2,1H3. The van der Waals surface area contributed by atoms with Crippen molar-refractivity contribution in [3.05, 3.63) is 28.2 Å². The van der Waals surface area contributed by atoms with Crippen molar-refractivity contribution in [2.75, 3.05) is 16.6 Å². The lowest BCUT2D eigenvalue weighted by atomic mass is 10.1. The van der Waals surface area contributed by atoms with Gasteiger partial charge in [-0.15, -0.1) is 0 Å². The number of hydrogen-bond acceptors (Lipinski definition) is 6. The number of esters is 1. The van der Waals surface area contributed by atoms with E-state index in [1.165, 1.54) is 6.07 Å². The molecule has 1 fully saturated rings. The Hall–Kier alpha value is -1.90. The van der Waals surface area contributed by atoms with Crippen LogP contribution in [-0.4, -0.2) is 31.8 Å². The number of rotatable bonds is 3. The highest BCUT2D eigenvalue weighted by atomic mass is 35.5. The van der Waals surface area contributed by atoms with Gasteiger partial charge in [-0.2, -0.15) is 0 Å². The highest BCUT2D eigenvalue weighted by Gasteiger charge is 2.37. The molecule has 0 saturated carbocycles. The van der Waals surface area contributed by atoms with Crippen LogP contribution in [0.2, 0.25) is 10.0 Å². The molecule has 0 atom stereocenters. The first-order valence-corrected chi connectivity index (χ1v) is 9.58. The van der Waals surface area contributed by atoms with E-state index in [9.17, 15) is 18.3 Å². The van der Waals surface area contributed by atoms with Gasteiger partial charge >= 0.3 is 5.97 Å². The first kappa shape index (κ1) is 17.9. The fourth-order valence-electron chi connectivity index (χ4n) is 2.53. The molecular formula is C15H13Cl2NO6S. The summed E-state index contributed by atoms with van der Waals surface area (Å²) in [6, 6.07) is 4.67. The minimum Gasteiger partial charge on any atom is -0.502 e. The number of carbonyl (C=O) groups is 1. The maximum atomic E-state index is 12.2. The lowest BCUT2D eigenvalue weighted by Gasteiger charge is -2.14. The average Bonchev–Trinajstić information content (AvgIpc) is 3.02. The van der Waals surface area contributed by atoms with Crippen LogP contribution < -0.4 is 9.04 Å². The van der Waals surface area contributed by atoms with Gasteiger partial charge in [0.2, 0.25) is 21.5 Å². The van der Waals surface area contributed by atoms with Crippen LogP contribution in [0, 0.1) is 0 Å². The second kappa shape index (κ2) is 6.44. The normalized spacial score (nSPS) is 16.2. The fraction of sp³-hybridized carbons (Fsp3) is 0.267. The van der Waals surface area contributed by atoms with E-state index in [1.54, 1.807) is 12.1 Å². The zero-order valence-corrected chi connectivity index (χ0v) is 15.3. The number of ether oxygens (including phenoxy) is 1. The Labute approximate surface area is 153 Å². The Morgan fingerprint density at radius 2 is 2.08 bits per heavy atom. The number of halogens is 2. The van der Waals surface area contributed by atoms with Crippen molar-refractivity contribution in [1.29, 1.82) is 0 Å². The summed E-state index contributed by atoms with van der Waals surface area (Å²) in [6.07, 6.45) is 0.385. The van der Waals surface area contributed by atoms with Crippen molar-refractivity contribution in [2.24, 2.45) is 0 Å². The predicted octanol–water partition coefficient (Wildman–Crippen LogP) is 3.42. The lowest BCUT2D eigenvalue weighted by Crippen LogP contribution is -2.25. The molecular weight excluding hydrogens is 393 g/mol. The molecule has 0 aliphatic carbocycles. The Balaban J connectivity index is 2.22. The van der Waals surface area contributed by atoms with Crippen LogP contribution in [-0.2, 0) is 14.8 Å². The van der Waals surface area contributed by atoms with E-state index in [0.29, 0.717) is 6.42 Å². The molecule has 0 radical (unpaired) electrons. The maximum absolute atomic E-state index is 12.2. The van der Waals surface area contributed by atoms with Gasteiger partial charge in [-0.1, -0.05) is 29.3 Å². The smallest absolute Gasteiger partial charge is 0.308 e. The van der Waals surface area contributed by atoms with Gasteiger partial charge in [-0.05, 0) is 18.6 Å². The first-order valence-electron chi connectivity index (χ1n) is 7.21. The summed E-state index contributed by atoms with van der Waals surface area (Å²) in [5, 5.41) is 10.8. The van der Waals surface area contributed by atoms with E-state index < -0.39 is 21.7 Å². The van der Waals surface area contributed by atoms with Crippen LogP contribution in [0.4, 0.5) is 5.88 Å². The molecule has 3 rings (SSSR count). The number of aromatic hydroxyl groups is 1. The second-order valence-corrected chi connectivity index (χ2v) is 8.15. The van der Waals surface area contributed by atoms with Gasteiger partial charge in [0.1, 0.15) is 0 Å². The van der Waals surface area contributed by atoms with Gasteiger partial charge in [-0.3, -0.25) is 4.79 Å². The van der Waals surface area contributed by atoms with Crippen molar-refractivity contribution >= 4 is 45.1 Å². The zero-order valence-electron chi connectivity index (χ0n) is 13.0. The molecule has 1 aromatic carbocycles. The van der Waals surface area contributed by atoms with Gasteiger partial charge in [0.25, 0.3) is 5.88 Å². The molecule has 0 spiro atoms. The summed E-state index contributed by atoms with van der Waals surface area (Å²) >= 11 is 12.1. The molecule has 7 nitrogen and oxygen atoms in total. The number of carbonyl (C=O) groups excluding carboxylic acids is 1. The lowest BCUT2D eigenvalue weighted by molar-refractivity contribution is -0.132. The van der Waals surface area contributed by atoms with Gasteiger partial charge in [0.15, 0.2) is 5.76 Å². The molecule has 1 N–H and O–H groups in total. The van der Waals surface area contributed by atoms with Crippen molar-refractivity contribution < 1.29 is 27.5 Å². The molecule has 0 bridgehead atoms. The predicted molar refractivity (Wildman–Crippen MR) is 92.9 cm³/mol. The molecule has 2 aromatic rings. The summed E-state index contributed by atoms with van der Waals surface area (Å²) < 4.78 is 35.9. The summed E-state index contributed by atoms with van der Waals surface area (Å²) in [5.74, 6) is -2.11. The molecule has 0 amide bonds. The zero-order chi connectivity index (χ0) is 18.4. The third-order valence-corrected chi connectivity index (χ3v) is 6.23. The average molecular weight is 406 g/mol. The van der Waals surface area contributed by atoms with Gasteiger partial charge in [-0.25, -0.2) is 12.7 Å². The molecule has 25 heavy (non-hydrogen) atoms. The van der Waals surface area contributed by atoms with Crippen LogP contribution in [0.25, 0.3) is 11.3 Å². The summed E-state index contributed by atoms with van der Waals surface area (Å²) in [5.41, 5.74) is 0.239. The third-order valence-electron chi connectivity index (χ3n) is 3.59. The topological polar surface area (TPSA) is 97.0 Å². The van der Waals surface area contributed by atoms with Crippen LogP contribution in [0.15, 0.2) is 22.6 Å². The van der Waals surface area contributed by atoms with Crippen molar-refractivity contribution in [2.45, 2.75) is 13.3 Å². The quantitative estimate of drug-likeness (QED) is 0.785. The maximum Gasteiger partial charge on any atom is 0.308 e. The van der Waals surface area contributed by atoms with Gasteiger partial charge < -0.3 is 14.3 Å². The number of anilines is 1. The molecule has 0 unspecified atom stereocenters. The SMILES string of the molecule is CC(=O)Oc1c(N2CCCS2(=O)=O)oc(-c2cccc(Cl)c2Cl)c1O. The van der Waals surface area contributed by atoms with Crippen molar-refractivity contribution in [3.8, 4) is 22.8 Å². The van der Waals surface area contributed by atoms with Crippen LogP contribution >= 0.6 is 23.2 Å². The van der Waals surface area contributed by atoms with Gasteiger partial charge in [0.05, 0.1) is 15.8 Å². The molecule has 1 aliphatic rings. The van der Waals surface area contributed by atoms with E-state index in [2.05, 4.69) is 0 Å². The second-order valence-electron chi connectivity index (χ2n) is 5.35. The minimum absolute atomic E-state index is 0.0682. The monoisotopic (exact) mass is 405 g/mol.